The number of thiophene rings is 1. The quantitative estimate of drug-likeness (QED) is 0.565. The molecule has 0 saturated carbocycles. The van der Waals surface area contributed by atoms with Gasteiger partial charge in [0.05, 0.1) is 11.5 Å². The van der Waals surface area contributed by atoms with Crippen LogP contribution in [0.4, 0.5) is 0 Å². The van der Waals surface area contributed by atoms with Gasteiger partial charge in [0.1, 0.15) is 6.61 Å². The van der Waals surface area contributed by atoms with Crippen molar-refractivity contribution in [2.75, 3.05) is 19.8 Å². The van der Waals surface area contributed by atoms with Crippen molar-refractivity contribution in [2.45, 2.75) is 20.3 Å². The van der Waals surface area contributed by atoms with Crippen molar-refractivity contribution in [3.8, 4) is 17.4 Å². The van der Waals surface area contributed by atoms with E-state index >= 15 is 0 Å². The first-order valence-corrected chi connectivity index (χ1v) is 9.46. The van der Waals surface area contributed by atoms with Crippen molar-refractivity contribution in [3.63, 3.8) is 0 Å². The van der Waals surface area contributed by atoms with Gasteiger partial charge in [-0.2, -0.15) is 9.67 Å². The van der Waals surface area contributed by atoms with Gasteiger partial charge in [0, 0.05) is 12.2 Å². The van der Waals surface area contributed by atoms with E-state index in [0.29, 0.717) is 30.5 Å². The van der Waals surface area contributed by atoms with Crippen molar-refractivity contribution < 1.29 is 14.3 Å². The average molecular weight is 371 g/mol. The fourth-order valence-electron chi connectivity index (χ4n) is 2.41. The Morgan fingerprint density at radius 3 is 2.62 bits per heavy atom. The summed E-state index contributed by atoms with van der Waals surface area (Å²) < 4.78 is 12.1. The fourth-order valence-corrected chi connectivity index (χ4v) is 3.06. The van der Waals surface area contributed by atoms with Gasteiger partial charge in [0.2, 0.25) is 0 Å². The van der Waals surface area contributed by atoms with Crippen LogP contribution in [0.2, 0.25) is 0 Å². The molecule has 0 aliphatic rings. The van der Waals surface area contributed by atoms with Crippen LogP contribution in [0.15, 0.2) is 41.8 Å². The van der Waals surface area contributed by atoms with Gasteiger partial charge >= 0.3 is 6.01 Å². The van der Waals surface area contributed by atoms with E-state index in [0.717, 1.165) is 12.0 Å². The van der Waals surface area contributed by atoms with Crippen LogP contribution in [-0.2, 0) is 11.2 Å². The predicted molar refractivity (Wildman–Crippen MR) is 101 cm³/mol. The zero-order valence-corrected chi connectivity index (χ0v) is 15.7. The molecule has 0 unspecified atom stereocenters. The number of carbonyl (C=O) groups is 1. The van der Waals surface area contributed by atoms with E-state index in [1.54, 1.807) is 6.07 Å². The highest BCUT2D eigenvalue weighted by atomic mass is 32.1. The molecule has 1 aromatic carbocycles. The Kier molecular flexibility index (Phi) is 6.14. The van der Waals surface area contributed by atoms with E-state index in [1.165, 1.54) is 21.6 Å². The Balaban J connectivity index is 1.91. The third-order valence-electron chi connectivity index (χ3n) is 3.80. The number of ether oxygens (including phenoxy) is 2. The van der Waals surface area contributed by atoms with Crippen molar-refractivity contribution in [2.24, 2.45) is 0 Å². The smallest absolute Gasteiger partial charge is 0.336 e. The molecule has 26 heavy (non-hydrogen) atoms. The van der Waals surface area contributed by atoms with E-state index in [-0.39, 0.29) is 11.9 Å². The van der Waals surface area contributed by atoms with E-state index in [4.69, 9.17) is 9.47 Å². The van der Waals surface area contributed by atoms with Gasteiger partial charge in [-0.3, -0.25) is 4.79 Å². The largest absolute Gasteiger partial charge is 0.460 e. The van der Waals surface area contributed by atoms with Gasteiger partial charge in [-0.1, -0.05) is 37.3 Å². The van der Waals surface area contributed by atoms with Gasteiger partial charge < -0.3 is 9.47 Å². The number of benzene rings is 1. The maximum atomic E-state index is 12.8. The summed E-state index contributed by atoms with van der Waals surface area (Å²) >= 11 is 1.37. The molecule has 7 heteroatoms. The lowest BCUT2D eigenvalue weighted by molar-refractivity contribution is 0.0942. The van der Waals surface area contributed by atoms with Crippen molar-refractivity contribution in [3.05, 3.63) is 52.2 Å². The van der Waals surface area contributed by atoms with Crippen LogP contribution >= 0.6 is 11.3 Å². The van der Waals surface area contributed by atoms with E-state index in [9.17, 15) is 4.79 Å². The van der Waals surface area contributed by atoms with Crippen LogP contribution in [0, 0.1) is 0 Å². The molecule has 0 aliphatic carbocycles. The first-order chi connectivity index (χ1) is 12.7. The molecule has 2 heterocycles. The fraction of sp³-hybridized carbons (Fsp3) is 0.316. The van der Waals surface area contributed by atoms with Crippen LogP contribution in [0.25, 0.3) is 11.4 Å². The Hall–Kier alpha value is -2.51. The van der Waals surface area contributed by atoms with Gasteiger partial charge in [0.15, 0.2) is 5.82 Å². The van der Waals surface area contributed by atoms with Gasteiger partial charge in [-0.05, 0) is 30.4 Å². The standard InChI is InChI=1S/C19H21N3O3S/c1-3-14-7-9-15(10-8-14)17-20-19(25-12-11-24-4-2)21-22(17)18(23)16-6-5-13-26-16/h5-10,13H,3-4,11-12H2,1-2H3. The summed E-state index contributed by atoms with van der Waals surface area (Å²) in [6.07, 6.45) is 0.951. The highest BCUT2D eigenvalue weighted by Crippen LogP contribution is 2.23. The summed E-state index contributed by atoms with van der Waals surface area (Å²) in [4.78, 5) is 17.8. The van der Waals surface area contributed by atoms with Gasteiger partial charge in [0.25, 0.3) is 5.91 Å². The molecular formula is C19H21N3O3S. The molecule has 0 bridgehead atoms. The van der Waals surface area contributed by atoms with E-state index < -0.39 is 0 Å². The lowest BCUT2D eigenvalue weighted by Gasteiger charge is -2.04. The SMILES string of the molecule is CCOCCOc1nc(-c2ccc(CC)cc2)n(C(=O)c2cccs2)n1. The number of hydrogen-bond donors (Lipinski definition) is 0. The molecule has 0 amide bonds. The highest BCUT2D eigenvalue weighted by Gasteiger charge is 2.20. The number of nitrogens with zero attached hydrogens (tertiary/aromatic N) is 3. The molecule has 0 spiro atoms. The molecule has 0 radical (unpaired) electrons. The molecule has 0 aliphatic heterocycles. The number of aryl methyl sites for hydroxylation is 1. The molecule has 3 aromatic rings. The van der Waals surface area contributed by atoms with Crippen LogP contribution in [0.3, 0.4) is 0 Å². The normalized spacial score (nSPS) is 10.8. The molecule has 0 atom stereocenters. The van der Waals surface area contributed by atoms with Crippen molar-refractivity contribution >= 4 is 17.2 Å². The predicted octanol–water partition coefficient (Wildman–Crippen LogP) is 3.67. The van der Waals surface area contributed by atoms with Crippen molar-refractivity contribution in [1.82, 2.24) is 14.8 Å². The number of hydrogen-bond acceptors (Lipinski definition) is 6. The molecule has 0 N–H and O–H groups in total. The number of rotatable bonds is 8. The summed E-state index contributed by atoms with van der Waals surface area (Å²) in [5.41, 5.74) is 2.04. The lowest BCUT2D eigenvalue weighted by Crippen LogP contribution is -2.14. The highest BCUT2D eigenvalue weighted by molar-refractivity contribution is 7.12. The van der Waals surface area contributed by atoms with Crippen LogP contribution in [-0.4, -0.2) is 40.5 Å². The maximum Gasteiger partial charge on any atom is 0.336 e. The molecule has 136 valence electrons. The lowest BCUT2D eigenvalue weighted by atomic mass is 10.1. The molecule has 0 saturated heterocycles. The molecule has 0 fully saturated rings. The summed E-state index contributed by atoms with van der Waals surface area (Å²) in [7, 11) is 0. The number of carbonyl (C=O) groups excluding carboxylic acids is 1. The average Bonchev–Trinajstić information content (AvgIpc) is 3.35. The van der Waals surface area contributed by atoms with Crippen LogP contribution < -0.4 is 4.74 Å². The first kappa shape index (κ1) is 18.3. The minimum Gasteiger partial charge on any atom is -0.460 e. The molecule has 3 rings (SSSR count). The second-order valence-electron chi connectivity index (χ2n) is 5.51. The Morgan fingerprint density at radius 2 is 1.96 bits per heavy atom. The third-order valence-corrected chi connectivity index (χ3v) is 4.65. The molecule has 2 aromatic heterocycles. The van der Waals surface area contributed by atoms with Crippen LogP contribution in [0.5, 0.6) is 6.01 Å². The van der Waals surface area contributed by atoms with Crippen molar-refractivity contribution in [1.29, 1.82) is 0 Å². The second-order valence-corrected chi connectivity index (χ2v) is 6.46. The van der Waals surface area contributed by atoms with E-state index in [1.807, 2.05) is 42.6 Å². The monoisotopic (exact) mass is 371 g/mol. The second kappa shape index (κ2) is 8.73. The van der Waals surface area contributed by atoms with E-state index in [2.05, 4.69) is 17.0 Å². The summed E-state index contributed by atoms with van der Waals surface area (Å²) in [6, 6.07) is 11.7. The number of aromatic nitrogens is 3. The first-order valence-electron chi connectivity index (χ1n) is 8.58. The zero-order chi connectivity index (χ0) is 18.4. The maximum absolute atomic E-state index is 12.8. The zero-order valence-electron chi connectivity index (χ0n) is 14.8. The summed E-state index contributed by atoms with van der Waals surface area (Å²) in [6.45, 7) is 5.42. The van der Waals surface area contributed by atoms with Gasteiger partial charge in [-0.15, -0.1) is 16.4 Å². The van der Waals surface area contributed by atoms with Crippen LogP contribution in [0.1, 0.15) is 29.1 Å². The minimum absolute atomic E-state index is 0.171. The topological polar surface area (TPSA) is 66.2 Å². The van der Waals surface area contributed by atoms with Gasteiger partial charge in [-0.25, -0.2) is 0 Å². The Bertz CT molecular complexity index is 842. The Morgan fingerprint density at radius 1 is 1.15 bits per heavy atom. The summed E-state index contributed by atoms with van der Waals surface area (Å²) in [5, 5.41) is 6.13. The summed E-state index contributed by atoms with van der Waals surface area (Å²) in [5.74, 6) is 0.249. The molecular weight excluding hydrogens is 350 g/mol. The third kappa shape index (κ3) is 4.17. The molecule has 6 nitrogen and oxygen atoms in total. The minimum atomic E-state index is -0.221. The Labute approximate surface area is 156 Å².